The van der Waals surface area contributed by atoms with Crippen molar-refractivity contribution in [2.45, 2.75) is 6.92 Å². The molecule has 0 bridgehead atoms. The van der Waals surface area contributed by atoms with Crippen LogP contribution in [0, 0.1) is 6.92 Å². The molecule has 0 saturated carbocycles. The summed E-state index contributed by atoms with van der Waals surface area (Å²) in [4.78, 5) is 24.4. The number of fused-ring (bicyclic) bond motifs is 2. The maximum absolute atomic E-state index is 12.2. The van der Waals surface area contributed by atoms with Crippen LogP contribution >= 0.6 is 0 Å². The zero-order valence-corrected chi connectivity index (χ0v) is 9.72. The second kappa shape index (κ2) is 3.38. The molecule has 0 amide bonds. The molecule has 1 aromatic heterocycles. The van der Waals surface area contributed by atoms with Crippen molar-refractivity contribution in [2.75, 3.05) is 0 Å². The number of phenolic OH excluding ortho intramolecular Hbond substituents is 3. The van der Waals surface area contributed by atoms with Gasteiger partial charge in [0, 0.05) is 6.07 Å². The minimum Gasteiger partial charge on any atom is -0.507 e. The van der Waals surface area contributed by atoms with Gasteiger partial charge in [-0.05, 0) is 13.0 Å². The molecule has 0 aliphatic heterocycles. The molecule has 19 heavy (non-hydrogen) atoms. The average Bonchev–Trinajstić information content (AvgIpc) is 2.73. The molecule has 0 unspecified atom stereocenters. The van der Waals surface area contributed by atoms with Crippen LogP contribution in [0.3, 0.4) is 0 Å². The first-order valence-corrected chi connectivity index (χ1v) is 5.39. The Labute approximate surface area is 106 Å². The number of rotatable bonds is 0. The highest BCUT2D eigenvalue weighted by Gasteiger charge is 2.38. The molecule has 1 aliphatic rings. The number of carbonyl (C=O) groups excluding carboxylic acids is 2. The van der Waals surface area contributed by atoms with Gasteiger partial charge >= 0.3 is 0 Å². The van der Waals surface area contributed by atoms with E-state index in [1.807, 2.05) is 0 Å². The van der Waals surface area contributed by atoms with E-state index in [1.165, 1.54) is 6.07 Å². The molecule has 0 spiro atoms. The van der Waals surface area contributed by atoms with Crippen LogP contribution in [-0.4, -0.2) is 26.9 Å². The topological polar surface area (TPSA) is 108 Å². The van der Waals surface area contributed by atoms with Gasteiger partial charge in [-0.25, -0.2) is 0 Å². The summed E-state index contributed by atoms with van der Waals surface area (Å²) in [6.07, 6.45) is 0. The maximum atomic E-state index is 12.2. The van der Waals surface area contributed by atoms with E-state index >= 15 is 0 Å². The summed E-state index contributed by atoms with van der Waals surface area (Å²) in [5, 5.41) is 28.8. The Bertz CT molecular complexity index is 753. The Morgan fingerprint density at radius 2 is 1.63 bits per heavy atom. The quantitative estimate of drug-likeness (QED) is 0.417. The van der Waals surface area contributed by atoms with Crippen LogP contribution in [0.15, 0.2) is 16.5 Å². The monoisotopic (exact) mass is 260 g/mol. The van der Waals surface area contributed by atoms with E-state index < -0.39 is 34.4 Å². The summed E-state index contributed by atoms with van der Waals surface area (Å²) in [5.41, 5.74) is -0.728. The van der Waals surface area contributed by atoms with E-state index in [1.54, 1.807) is 6.92 Å². The lowest BCUT2D eigenvalue weighted by molar-refractivity contribution is 0.0954. The van der Waals surface area contributed by atoms with E-state index in [9.17, 15) is 24.9 Å². The van der Waals surface area contributed by atoms with Gasteiger partial charge in [-0.3, -0.25) is 9.59 Å². The SMILES string of the molecule is Cc1cc2c(o1)C(=O)c1c(O)c(O)cc(O)c1C2=O. The van der Waals surface area contributed by atoms with Crippen molar-refractivity contribution in [1.82, 2.24) is 0 Å². The molecule has 6 nitrogen and oxygen atoms in total. The van der Waals surface area contributed by atoms with Crippen LogP contribution in [0.25, 0.3) is 0 Å². The summed E-state index contributed by atoms with van der Waals surface area (Å²) < 4.78 is 5.14. The molecule has 96 valence electrons. The summed E-state index contributed by atoms with van der Waals surface area (Å²) in [6.45, 7) is 1.57. The molecule has 1 heterocycles. The smallest absolute Gasteiger partial charge is 0.233 e. The molecule has 1 aliphatic carbocycles. The lowest BCUT2D eigenvalue weighted by Crippen LogP contribution is -2.19. The zero-order chi connectivity index (χ0) is 13.9. The van der Waals surface area contributed by atoms with Gasteiger partial charge in [0.15, 0.2) is 17.3 Å². The van der Waals surface area contributed by atoms with Crippen LogP contribution in [0.1, 0.15) is 37.8 Å². The second-order valence-corrected chi connectivity index (χ2v) is 4.27. The number of ketones is 2. The molecular weight excluding hydrogens is 252 g/mol. The number of furan rings is 1. The molecular formula is C13H8O6. The number of aryl methyl sites for hydroxylation is 1. The Kier molecular flexibility index (Phi) is 2.02. The molecule has 6 heteroatoms. The lowest BCUT2D eigenvalue weighted by Gasteiger charge is -2.16. The third-order valence-corrected chi connectivity index (χ3v) is 3.02. The third-order valence-electron chi connectivity index (χ3n) is 3.02. The van der Waals surface area contributed by atoms with Gasteiger partial charge in [-0.15, -0.1) is 0 Å². The van der Waals surface area contributed by atoms with E-state index in [-0.39, 0.29) is 16.9 Å². The van der Waals surface area contributed by atoms with Gasteiger partial charge < -0.3 is 19.7 Å². The van der Waals surface area contributed by atoms with Crippen LogP contribution in [0.2, 0.25) is 0 Å². The molecule has 0 atom stereocenters. The molecule has 3 rings (SSSR count). The molecule has 0 fully saturated rings. The molecule has 3 N–H and O–H groups in total. The average molecular weight is 260 g/mol. The minimum atomic E-state index is -0.749. The highest BCUT2D eigenvalue weighted by Crippen LogP contribution is 2.43. The van der Waals surface area contributed by atoms with Gasteiger partial charge in [0.05, 0.1) is 16.7 Å². The molecule has 2 aromatic rings. The van der Waals surface area contributed by atoms with Gasteiger partial charge in [-0.1, -0.05) is 0 Å². The Morgan fingerprint density at radius 1 is 0.947 bits per heavy atom. The van der Waals surface area contributed by atoms with E-state index in [0.717, 1.165) is 6.07 Å². The van der Waals surface area contributed by atoms with Crippen molar-refractivity contribution in [3.63, 3.8) is 0 Å². The summed E-state index contributed by atoms with van der Waals surface area (Å²) >= 11 is 0. The Balaban J connectivity index is 2.42. The van der Waals surface area contributed by atoms with E-state index in [0.29, 0.717) is 5.76 Å². The van der Waals surface area contributed by atoms with Gasteiger partial charge in [0.25, 0.3) is 0 Å². The minimum absolute atomic E-state index is 0.0374. The maximum Gasteiger partial charge on any atom is 0.233 e. The number of phenols is 3. The zero-order valence-electron chi connectivity index (χ0n) is 9.72. The van der Waals surface area contributed by atoms with E-state index in [4.69, 9.17) is 4.42 Å². The number of benzene rings is 1. The predicted molar refractivity (Wildman–Crippen MR) is 61.7 cm³/mol. The van der Waals surface area contributed by atoms with Crippen molar-refractivity contribution >= 4 is 11.6 Å². The van der Waals surface area contributed by atoms with Crippen molar-refractivity contribution < 1.29 is 29.3 Å². The Morgan fingerprint density at radius 3 is 2.32 bits per heavy atom. The van der Waals surface area contributed by atoms with Crippen molar-refractivity contribution in [3.05, 3.63) is 40.3 Å². The lowest BCUT2D eigenvalue weighted by atomic mass is 9.87. The van der Waals surface area contributed by atoms with Gasteiger partial charge in [0.1, 0.15) is 11.5 Å². The fraction of sp³-hybridized carbons (Fsp3) is 0.0769. The van der Waals surface area contributed by atoms with Crippen molar-refractivity contribution in [2.24, 2.45) is 0 Å². The first-order valence-electron chi connectivity index (χ1n) is 5.39. The normalized spacial score (nSPS) is 13.3. The molecule has 1 aromatic carbocycles. The first-order chi connectivity index (χ1) is 8.91. The van der Waals surface area contributed by atoms with Gasteiger partial charge in [0.2, 0.25) is 11.6 Å². The standard InChI is InChI=1S/C13H8O6/c1-4-2-5-10(16)8-6(14)3-7(15)11(17)9(8)12(18)13(5)19-4/h2-3,14-15,17H,1H3. The number of aromatic hydroxyl groups is 3. The second-order valence-electron chi connectivity index (χ2n) is 4.27. The number of hydrogen-bond acceptors (Lipinski definition) is 6. The predicted octanol–water partition coefficient (Wildman–Crippen LogP) is 1.48. The fourth-order valence-corrected chi connectivity index (χ4v) is 2.20. The number of hydrogen-bond donors (Lipinski definition) is 3. The molecule has 0 radical (unpaired) electrons. The summed E-state index contributed by atoms with van der Waals surface area (Å²) in [5.74, 6) is -3.20. The van der Waals surface area contributed by atoms with Crippen molar-refractivity contribution in [1.29, 1.82) is 0 Å². The highest BCUT2D eigenvalue weighted by molar-refractivity contribution is 6.29. The molecule has 0 saturated heterocycles. The van der Waals surface area contributed by atoms with Crippen LogP contribution in [0.4, 0.5) is 0 Å². The van der Waals surface area contributed by atoms with Gasteiger partial charge in [-0.2, -0.15) is 0 Å². The largest absolute Gasteiger partial charge is 0.507 e. The Hall–Kier alpha value is -2.76. The summed E-state index contributed by atoms with van der Waals surface area (Å²) in [6, 6.07) is 2.21. The number of carbonyl (C=O) groups is 2. The van der Waals surface area contributed by atoms with Crippen LogP contribution < -0.4 is 0 Å². The van der Waals surface area contributed by atoms with Crippen molar-refractivity contribution in [3.8, 4) is 17.2 Å². The van der Waals surface area contributed by atoms with Crippen LogP contribution in [0.5, 0.6) is 17.2 Å². The van der Waals surface area contributed by atoms with Crippen LogP contribution in [-0.2, 0) is 0 Å². The van der Waals surface area contributed by atoms with E-state index in [2.05, 4.69) is 0 Å². The highest BCUT2D eigenvalue weighted by atomic mass is 16.4. The first kappa shape index (κ1) is 11.3. The third kappa shape index (κ3) is 1.31. The summed E-state index contributed by atoms with van der Waals surface area (Å²) in [7, 11) is 0. The fourth-order valence-electron chi connectivity index (χ4n) is 2.20.